The van der Waals surface area contributed by atoms with Crippen LogP contribution in [-0.4, -0.2) is 15.8 Å². The number of aryl methyl sites for hydroxylation is 1. The molecule has 1 N–H and O–H groups in total. The maximum atomic E-state index is 11.0. The third-order valence-electron chi connectivity index (χ3n) is 3.23. The van der Waals surface area contributed by atoms with Crippen LogP contribution < -0.4 is 0 Å². The highest BCUT2D eigenvalue weighted by atomic mass is 16.1. The summed E-state index contributed by atoms with van der Waals surface area (Å²) in [5.41, 5.74) is 3.40. The number of rotatable bonds is 3. The molecule has 0 radical (unpaired) electrons. The van der Waals surface area contributed by atoms with E-state index in [1.54, 1.807) is 13.1 Å². The second-order valence-corrected chi connectivity index (χ2v) is 4.63. The van der Waals surface area contributed by atoms with E-state index in [1.165, 1.54) is 10.9 Å². The molecule has 3 rings (SSSR count). The quantitative estimate of drug-likeness (QED) is 0.761. The molecule has 90 valence electrons. The van der Waals surface area contributed by atoms with Crippen molar-refractivity contribution in [1.82, 2.24) is 9.97 Å². The SMILES string of the molecule is CC(=O)CCc1ccc2c(c1)[nH]c1ccncc12. The summed E-state index contributed by atoms with van der Waals surface area (Å²) in [6.45, 7) is 1.63. The number of aromatic nitrogens is 2. The van der Waals surface area contributed by atoms with Crippen molar-refractivity contribution < 1.29 is 4.79 Å². The first-order valence-electron chi connectivity index (χ1n) is 6.08. The molecule has 0 aliphatic heterocycles. The van der Waals surface area contributed by atoms with Crippen LogP contribution in [0.5, 0.6) is 0 Å². The minimum atomic E-state index is 0.232. The summed E-state index contributed by atoms with van der Waals surface area (Å²) in [6.07, 6.45) is 5.07. The van der Waals surface area contributed by atoms with Crippen molar-refractivity contribution in [2.75, 3.05) is 0 Å². The van der Waals surface area contributed by atoms with Crippen LogP contribution in [0, 0.1) is 0 Å². The van der Waals surface area contributed by atoms with Gasteiger partial charge in [-0.3, -0.25) is 4.98 Å². The molecule has 0 saturated carbocycles. The van der Waals surface area contributed by atoms with E-state index in [9.17, 15) is 4.79 Å². The molecule has 0 aliphatic rings. The highest BCUT2D eigenvalue weighted by Crippen LogP contribution is 2.25. The largest absolute Gasteiger partial charge is 0.354 e. The zero-order valence-electron chi connectivity index (χ0n) is 10.2. The summed E-state index contributed by atoms with van der Waals surface area (Å²) >= 11 is 0. The molecule has 0 saturated heterocycles. The van der Waals surface area contributed by atoms with Crippen molar-refractivity contribution in [3.8, 4) is 0 Å². The topological polar surface area (TPSA) is 45.8 Å². The first kappa shape index (κ1) is 11.0. The van der Waals surface area contributed by atoms with Crippen molar-refractivity contribution in [1.29, 1.82) is 0 Å². The smallest absolute Gasteiger partial charge is 0.130 e. The first-order chi connectivity index (χ1) is 8.74. The highest BCUT2D eigenvalue weighted by Gasteiger charge is 2.05. The molecule has 0 bridgehead atoms. The maximum absolute atomic E-state index is 11.0. The first-order valence-corrected chi connectivity index (χ1v) is 6.08. The Morgan fingerprint density at radius 2 is 2.11 bits per heavy atom. The lowest BCUT2D eigenvalue weighted by molar-refractivity contribution is -0.116. The van der Waals surface area contributed by atoms with Gasteiger partial charge in [-0.1, -0.05) is 12.1 Å². The lowest BCUT2D eigenvalue weighted by Crippen LogP contribution is -1.93. The summed E-state index contributed by atoms with van der Waals surface area (Å²) in [4.78, 5) is 18.5. The average molecular weight is 238 g/mol. The molecule has 3 aromatic rings. The molecule has 1 aromatic carbocycles. The van der Waals surface area contributed by atoms with Gasteiger partial charge in [0.05, 0.1) is 0 Å². The van der Waals surface area contributed by atoms with E-state index in [2.05, 4.69) is 28.2 Å². The predicted octanol–water partition coefficient (Wildman–Crippen LogP) is 3.24. The van der Waals surface area contributed by atoms with E-state index in [1.807, 2.05) is 12.3 Å². The van der Waals surface area contributed by atoms with Crippen LogP contribution in [0.2, 0.25) is 0 Å². The number of carbonyl (C=O) groups is 1. The van der Waals surface area contributed by atoms with Gasteiger partial charge < -0.3 is 9.78 Å². The molecular weight excluding hydrogens is 224 g/mol. The Bertz CT molecular complexity index is 728. The van der Waals surface area contributed by atoms with E-state index in [-0.39, 0.29) is 5.78 Å². The number of aromatic amines is 1. The summed E-state index contributed by atoms with van der Waals surface area (Å²) < 4.78 is 0. The molecule has 3 heteroatoms. The molecule has 0 fully saturated rings. The van der Waals surface area contributed by atoms with Gasteiger partial charge >= 0.3 is 0 Å². The van der Waals surface area contributed by atoms with Crippen LogP contribution in [0.1, 0.15) is 18.9 Å². The number of fused-ring (bicyclic) bond motifs is 3. The fraction of sp³-hybridized carbons (Fsp3) is 0.200. The lowest BCUT2D eigenvalue weighted by Gasteiger charge is -1.99. The van der Waals surface area contributed by atoms with Gasteiger partial charge in [0.1, 0.15) is 5.78 Å². The molecule has 2 heterocycles. The van der Waals surface area contributed by atoms with E-state index >= 15 is 0 Å². The molecule has 0 atom stereocenters. The van der Waals surface area contributed by atoms with Gasteiger partial charge in [0.25, 0.3) is 0 Å². The molecule has 2 aromatic heterocycles. The maximum Gasteiger partial charge on any atom is 0.130 e. The Morgan fingerprint density at radius 1 is 1.22 bits per heavy atom. The number of ketones is 1. The van der Waals surface area contributed by atoms with Crippen LogP contribution in [0.3, 0.4) is 0 Å². The van der Waals surface area contributed by atoms with E-state index in [4.69, 9.17) is 0 Å². The lowest BCUT2D eigenvalue weighted by atomic mass is 10.1. The number of pyridine rings is 1. The van der Waals surface area contributed by atoms with Crippen molar-refractivity contribution in [2.24, 2.45) is 0 Å². The number of benzene rings is 1. The van der Waals surface area contributed by atoms with Gasteiger partial charge in [0.2, 0.25) is 0 Å². The van der Waals surface area contributed by atoms with Crippen molar-refractivity contribution in [3.63, 3.8) is 0 Å². The molecule has 0 amide bonds. The highest BCUT2D eigenvalue weighted by molar-refractivity contribution is 6.06. The van der Waals surface area contributed by atoms with Crippen LogP contribution in [0.25, 0.3) is 21.8 Å². The molecule has 0 aliphatic carbocycles. The van der Waals surface area contributed by atoms with Crippen LogP contribution in [-0.2, 0) is 11.2 Å². The van der Waals surface area contributed by atoms with E-state index in [0.29, 0.717) is 6.42 Å². The minimum Gasteiger partial charge on any atom is -0.354 e. The van der Waals surface area contributed by atoms with Gasteiger partial charge in [-0.25, -0.2) is 0 Å². The number of nitrogens with zero attached hydrogens (tertiary/aromatic N) is 1. The zero-order chi connectivity index (χ0) is 12.5. The Hall–Kier alpha value is -2.16. The van der Waals surface area contributed by atoms with Gasteiger partial charge in [-0.2, -0.15) is 0 Å². The van der Waals surface area contributed by atoms with Gasteiger partial charge in [0, 0.05) is 40.6 Å². The van der Waals surface area contributed by atoms with Gasteiger partial charge in [-0.15, -0.1) is 0 Å². The van der Waals surface area contributed by atoms with Gasteiger partial charge in [-0.05, 0) is 31.0 Å². The zero-order valence-corrected chi connectivity index (χ0v) is 10.2. The molecule has 18 heavy (non-hydrogen) atoms. The summed E-state index contributed by atoms with van der Waals surface area (Å²) in [6, 6.07) is 8.29. The van der Waals surface area contributed by atoms with Crippen LogP contribution >= 0.6 is 0 Å². The number of carbonyl (C=O) groups excluding carboxylic acids is 1. The Balaban J connectivity index is 2.07. The summed E-state index contributed by atoms with van der Waals surface area (Å²) in [5.74, 6) is 0.232. The number of hydrogen-bond donors (Lipinski definition) is 1. The Labute approximate surface area is 105 Å². The van der Waals surface area contributed by atoms with E-state index < -0.39 is 0 Å². The Kier molecular flexibility index (Phi) is 2.59. The fourth-order valence-electron chi connectivity index (χ4n) is 2.27. The Morgan fingerprint density at radius 3 is 2.94 bits per heavy atom. The number of H-pyrrole nitrogens is 1. The number of nitrogens with one attached hydrogen (secondary N) is 1. The molecule has 0 unspecified atom stereocenters. The molecule has 3 nitrogen and oxygen atoms in total. The average Bonchev–Trinajstić information content (AvgIpc) is 2.73. The minimum absolute atomic E-state index is 0.232. The second-order valence-electron chi connectivity index (χ2n) is 4.63. The predicted molar refractivity (Wildman–Crippen MR) is 72.6 cm³/mol. The van der Waals surface area contributed by atoms with Crippen LogP contribution in [0.4, 0.5) is 0 Å². The third-order valence-corrected chi connectivity index (χ3v) is 3.23. The summed E-state index contributed by atoms with van der Waals surface area (Å²) in [7, 11) is 0. The number of hydrogen-bond acceptors (Lipinski definition) is 2. The van der Waals surface area contributed by atoms with Gasteiger partial charge in [0.15, 0.2) is 0 Å². The van der Waals surface area contributed by atoms with Crippen molar-refractivity contribution >= 4 is 27.6 Å². The summed E-state index contributed by atoms with van der Waals surface area (Å²) in [5, 5.41) is 2.33. The molecule has 0 spiro atoms. The van der Waals surface area contributed by atoms with E-state index in [0.717, 1.165) is 22.8 Å². The van der Waals surface area contributed by atoms with Crippen LogP contribution in [0.15, 0.2) is 36.7 Å². The third kappa shape index (κ3) is 1.88. The molecular formula is C15H14N2O. The normalized spacial score (nSPS) is 11.2. The number of Topliss-reactive ketones (excluding diaryl/α,β-unsaturated/α-hetero) is 1. The monoisotopic (exact) mass is 238 g/mol. The second kappa shape index (κ2) is 4.26. The fourth-order valence-corrected chi connectivity index (χ4v) is 2.27. The standard InChI is InChI=1S/C15H14N2O/c1-10(18)2-3-11-4-5-12-13-9-16-7-6-14(13)17-15(12)8-11/h4-9,17H,2-3H2,1H3. The van der Waals surface area contributed by atoms with Crippen molar-refractivity contribution in [3.05, 3.63) is 42.2 Å². The van der Waals surface area contributed by atoms with Crippen molar-refractivity contribution in [2.45, 2.75) is 19.8 Å².